The first kappa shape index (κ1) is 14.4. The molecule has 1 aromatic heterocycles. The van der Waals surface area contributed by atoms with Crippen LogP contribution in [0.2, 0.25) is 0 Å². The lowest BCUT2D eigenvalue weighted by Gasteiger charge is -2.11. The quantitative estimate of drug-likeness (QED) is 0.779. The van der Waals surface area contributed by atoms with Gasteiger partial charge in [-0.3, -0.25) is 0 Å². The zero-order valence-corrected chi connectivity index (χ0v) is 11.4. The molecule has 7 nitrogen and oxygen atoms in total. The molecule has 0 atom stereocenters. The molecule has 0 saturated heterocycles. The predicted octanol–water partition coefficient (Wildman–Crippen LogP) is 2.23. The van der Waals surface area contributed by atoms with Gasteiger partial charge in [0.05, 0.1) is 19.0 Å². The zero-order valence-electron chi connectivity index (χ0n) is 11.4. The third-order valence-corrected chi connectivity index (χ3v) is 2.65. The maximum absolute atomic E-state index is 10.5. The summed E-state index contributed by atoms with van der Waals surface area (Å²) in [5.74, 6) is 1.35. The normalized spacial score (nSPS) is 9.95. The number of nitrogens with two attached hydrogens (primary N) is 1. The molecule has 110 valence electrons. The Morgan fingerprint density at radius 1 is 1.33 bits per heavy atom. The average molecular weight is 289 g/mol. The highest BCUT2D eigenvalue weighted by Gasteiger charge is 2.08. The Bertz CT molecular complexity index is 629. The largest absolute Gasteiger partial charge is 0.493 e. The molecule has 1 heterocycles. The van der Waals surface area contributed by atoms with Crippen molar-refractivity contribution in [3.05, 3.63) is 42.1 Å². The zero-order chi connectivity index (χ0) is 15.2. The number of amides is 1. The summed E-state index contributed by atoms with van der Waals surface area (Å²) in [6.07, 6.45) is 0.410. The molecule has 0 spiro atoms. The van der Waals surface area contributed by atoms with Crippen LogP contribution in [-0.2, 0) is 6.54 Å². The van der Waals surface area contributed by atoms with Crippen LogP contribution in [0.1, 0.15) is 5.56 Å². The molecule has 0 bridgehead atoms. The molecule has 1 amide bonds. The van der Waals surface area contributed by atoms with Gasteiger partial charge in [-0.25, -0.2) is 9.78 Å². The van der Waals surface area contributed by atoms with Crippen molar-refractivity contribution in [1.29, 1.82) is 0 Å². The van der Waals surface area contributed by atoms with Gasteiger partial charge < -0.3 is 25.6 Å². The van der Waals surface area contributed by atoms with Crippen molar-refractivity contribution in [3.8, 4) is 17.4 Å². The smallest absolute Gasteiger partial charge is 0.404 e. The molecule has 1 aromatic carbocycles. The van der Waals surface area contributed by atoms with Crippen LogP contribution in [-0.4, -0.2) is 23.3 Å². The van der Waals surface area contributed by atoms with Crippen molar-refractivity contribution in [2.75, 3.05) is 12.8 Å². The average Bonchev–Trinajstić information content (AvgIpc) is 2.48. The minimum atomic E-state index is -1.08. The third-order valence-electron chi connectivity index (χ3n) is 2.65. The number of rotatable bonds is 5. The maximum atomic E-state index is 10.5. The molecule has 0 unspecified atom stereocenters. The van der Waals surface area contributed by atoms with Crippen molar-refractivity contribution in [2.24, 2.45) is 0 Å². The summed E-state index contributed by atoms with van der Waals surface area (Å²) in [4.78, 5) is 14.5. The standard InChI is InChI=1S/C14H15N3O4/c1-20-12-6-9(7-17-14(18)19)2-4-11(12)21-13-5-3-10(15)8-16-13/h2-6,8,17H,7,15H2,1H3,(H,18,19). The highest BCUT2D eigenvalue weighted by Crippen LogP contribution is 2.31. The minimum absolute atomic E-state index is 0.187. The molecule has 0 aliphatic rings. The second kappa shape index (κ2) is 6.47. The van der Waals surface area contributed by atoms with Crippen LogP contribution < -0.4 is 20.5 Å². The number of ether oxygens (including phenoxy) is 2. The van der Waals surface area contributed by atoms with Gasteiger partial charge in [-0.15, -0.1) is 0 Å². The fourth-order valence-corrected chi connectivity index (χ4v) is 1.65. The predicted molar refractivity (Wildman–Crippen MR) is 76.6 cm³/mol. The van der Waals surface area contributed by atoms with Gasteiger partial charge >= 0.3 is 6.09 Å². The van der Waals surface area contributed by atoms with Gasteiger partial charge in [0.25, 0.3) is 0 Å². The first-order chi connectivity index (χ1) is 10.1. The van der Waals surface area contributed by atoms with Crippen molar-refractivity contribution in [3.63, 3.8) is 0 Å². The number of nitrogen functional groups attached to an aromatic ring is 1. The van der Waals surface area contributed by atoms with E-state index in [9.17, 15) is 4.79 Å². The Balaban J connectivity index is 2.15. The molecule has 7 heteroatoms. The summed E-state index contributed by atoms with van der Waals surface area (Å²) in [6.45, 7) is 0.187. The monoisotopic (exact) mass is 289 g/mol. The number of hydrogen-bond donors (Lipinski definition) is 3. The van der Waals surface area contributed by atoms with Gasteiger partial charge in [-0.1, -0.05) is 6.07 Å². The van der Waals surface area contributed by atoms with E-state index in [1.54, 1.807) is 30.3 Å². The maximum Gasteiger partial charge on any atom is 0.404 e. The molecule has 21 heavy (non-hydrogen) atoms. The summed E-state index contributed by atoms with van der Waals surface area (Å²) in [6, 6.07) is 8.46. The third kappa shape index (κ3) is 4.00. The van der Waals surface area contributed by atoms with Crippen LogP contribution in [0.25, 0.3) is 0 Å². The molecule has 0 saturated carbocycles. The lowest BCUT2D eigenvalue weighted by atomic mass is 10.2. The van der Waals surface area contributed by atoms with Crippen molar-refractivity contribution in [2.45, 2.75) is 6.54 Å². The summed E-state index contributed by atoms with van der Waals surface area (Å²) in [7, 11) is 1.51. The highest BCUT2D eigenvalue weighted by molar-refractivity contribution is 5.64. The summed E-state index contributed by atoms with van der Waals surface area (Å²) in [5, 5.41) is 10.9. The fourth-order valence-electron chi connectivity index (χ4n) is 1.65. The number of pyridine rings is 1. The minimum Gasteiger partial charge on any atom is -0.493 e. The molecule has 0 fully saturated rings. The van der Waals surface area contributed by atoms with Gasteiger partial charge in [0.1, 0.15) is 0 Å². The van der Waals surface area contributed by atoms with Gasteiger partial charge in [-0.05, 0) is 23.8 Å². The first-order valence-corrected chi connectivity index (χ1v) is 6.11. The van der Waals surface area contributed by atoms with E-state index in [0.717, 1.165) is 5.56 Å². The lowest BCUT2D eigenvalue weighted by molar-refractivity contribution is 0.194. The van der Waals surface area contributed by atoms with Crippen LogP contribution in [0.3, 0.4) is 0 Å². The van der Waals surface area contributed by atoms with E-state index in [-0.39, 0.29) is 6.54 Å². The Kier molecular flexibility index (Phi) is 4.45. The van der Waals surface area contributed by atoms with Crippen molar-refractivity contribution < 1.29 is 19.4 Å². The summed E-state index contributed by atoms with van der Waals surface area (Å²) >= 11 is 0. The number of aromatic nitrogens is 1. The van der Waals surface area contributed by atoms with E-state index in [0.29, 0.717) is 23.1 Å². The van der Waals surface area contributed by atoms with E-state index >= 15 is 0 Å². The van der Waals surface area contributed by atoms with Crippen LogP contribution in [0, 0.1) is 0 Å². The molecule has 4 N–H and O–H groups in total. The van der Waals surface area contributed by atoms with Gasteiger partial charge in [0, 0.05) is 12.6 Å². The Morgan fingerprint density at radius 3 is 2.76 bits per heavy atom. The molecule has 0 aliphatic heterocycles. The Hall–Kier alpha value is -2.96. The number of benzene rings is 1. The summed E-state index contributed by atoms with van der Waals surface area (Å²) < 4.78 is 10.8. The number of anilines is 1. The van der Waals surface area contributed by atoms with Crippen LogP contribution in [0.4, 0.5) is 10.5 Å². The molecule has 2 rings (SSSR count). The van der Waals surface area contributed by atoms with Crippen LogP contribution in [0.15, 0.2) is 36.5 Å². The number of carboxylic acid groups (broad SMARTS) is 1. The highest BCUT2D eigenvalue weighted by atomic mass is 16.5. The van der Waals surface area contributed by atoms with Gasteiger partial charge in [0.2, 0.25) is 5.88 Å². The second-order valence-corrected chi connectivity index (χ2v) is 4.18. The second-order valence-electron chi connectivity index (χ2n) is 4.18. The molecule has 0 aliphatic carbocycles. The SMILES string of the molecule is COc1cc(CNC(=O)O)ccc1Oc1ccc(N)cn1. The van der Waals surface area contributed by atoms with Gasteiger partial charge in [0.15, 0.2) is 11.5 Å². The van der Waals surface area contributed by atoms with E-state index in [4.69, 9.17) is 20.3 Å². The van der Waals surface area contributed by atoms with Crippen molar-refractivity contribution in [1.82, 2.24) is 10.3 Å². The Labute approximate surface area is 121 Å². The summed E-state index contributed by atoms with van der Waals surface area (Å²) in [5.41, 5.74) is 6.86. The number of nitrogens with zero attached hydrogens (tertiary/aromatic N) is 1. The molecular weight excluding hydrogens is 274 g/mol. The van der Waals surface area contributed by atoms with Crippen molar-refractivity contribution >= 4 is 11.8 Å². The topological polar surface area (TPSA) is 107 Å². The first-order valence-electron chi connectivity index (χ1n) is 6.11. The van der Waals surface area contributed by atoms with E-state index in [2.05, 4.69) is 10.3 Å². The molecule has 0 radical (unpaired) electrons. The fraction of sp³-hybridized carbons (Fsp3) is 0.143. The van der Waals surface area contributed by atoms with E-state index in [1.165, 1.54) is 13.3 Å². The lowest BCUT2D eigenvalue weighted by Crippen LogP contribution is -2.19. The van der Waals surface area contributed by atoms with E-state index in [1.807, 2.05) is 0 Å². The molecular formula is C14H15N3O4. The number of nitrogens with one attached hydrogen (secondary N) is 1. The van der Waals surface area contributed by atoms with Crippen LogP contribution in [0.5, 0.6) is 17.4 Å². The number of methoxy groups -OCH3 is 1. The van der Waals surface area contributed by atoms with Gasteiger partial charge in [-0.2, -0.15) is 0 Å². The van der Waals surface area contributed by atoms with Crippen LogP contribution >= 0.6 is 0 Å². The van der Waals surface area contributed by atoms with E-state index < -0.39 is 6.09 Å². The number of hydrogen-bond acceptors (Lipinski definition) is 5. The molecule has 2 aromatic rings. The number of carbonyl (C=O) groups is 1. The Morgan fingerprint density at radius 2 is 2.14 bits per heavy atom.